The van der Waals surface area contributed by atoms with E-state index in [1.807, 2.05) is 72.8 Å². The Hall–Kier alpha value is -3.12. The zero-order valence-electron chi connectivity index (χ0n) is 17.9. The van der Waals surface area contributed by atoms with Crippen molar-refractivity contribution in [3.05, 3.63) is 102 Å². The normalized spacial score (nSPS) is 14.8. The fourth-order valence-corrected chi connectivity index (χ4v) is 5.26. The van der Waals surface area contributed by atoms with Crippen molar-refractivity contribution in [2.45, 2.75) is 49.0 Å². The number of carbonyl (C=O) groups excluding carboxylic acids is 1. The first kappa shape index (κ1) is 22.1. The summed E-state index contributed by atoms with van der Waals surface area (Å²) in [7, 11) is -3.98. The van der Waals surface area contributed by atoms with Gasteiger partial charge in [-0.15, -0.1) is 0 Å². The van der Waals surface area contributed by atoms with Gasteiger partial charge in [0.05, 0.1) is 10.9 Å². The minimum Gasteiger partial charge on any atom is -0.326 e. The topological polar surface area (TPSA) is 75.3 Å². The molecule has 2 N–H and O–H groups in total. The van der Waals surface area contributed by atoms with Gasteiger partial charge in [-0.05, 0) is 47.6 Å². The van der Waals surface area contributed by atoms with E-state index in [0.29, 0.717) is 5.92 Å². The van der Waals surface area contributed by atoms with Crippen LogP contribution >= 0.6 is 0 Å². The molecule has 32 heavy (non-hydrogen) atoms. The van der Waals surface area contributed by atoms with Crippen LogP contribution in [-0.2, 0) is 10.0 Å². The second-order valence-electron chi connectivity index (χ2n) is 8.24. The highest BCUT2D eigenvalue weighted by molar-refractivity contribution is 7.90. The van der Waals surface area contributed by atoms with Gasteiger partial charge >= 0.3 is 6.03 Å². The molecular formula is C26H28N2O3S. The molecule has 5 nitrogen and oxygen atoms in total. The van der Waals surface area contributed by atoms with Crippen LogP contribution in [0.3, 0.4) is 0 Å². The molecule has 0 spiro atoms. The Balaban J connectivity index is 1.48. The molecule has 0 heterocycles. The van der Waals surface area contributed by atoms with Gasteiger partial charge in [0.15, 0.2) is 0 Å². The molecule has 2 amide bonds. The maximum absolute atomic E-state index is 12.8. The lowest BCUT2D eigenvalue weighted by atomic mass is 9.84. The summed E-state index contributed by atoms with van der Waals surface area (Å²) in [4.78, 5) is 12.8. The molecule has 0 unspecified atom stereocenters. The standard InChI is InChI=1S/C26H28N2O3S/c29-26(27-25(22-12-6-2-7-13-22)23-14-8-3-9-15-23)28-32(30,31)24-18-16-21(17-19-24)20-10-4-1-5-11-20/h2-3,6-9,12-20,25H,1,4-5,10-11H2,(H2,27,28,29). The molecule has 166 valence electrons. The molecule has 0 aliphatic heterocycles. The minimum absolute atomic E-state index is 0.0863. The molecule has 3 aromatic carbocycles. The van der Waals surface area contributed by atoms with Crippen molar-refractivity contribution in [3.8, 4) is 0 Å². The predicted molar refractivity (Wildman–Crippen MR) is 126 cm³/mol. The number of benzene rings is 3. The fourth-order valence-electron chi connectivity index (χ4n) is 4.35. The molecule has 1 saturated carbocycles. The number of hydrogen-bond acceptors (Lipinski definition) is 3. The number of sulfonamides is 1. The molecule has 0 aromatic heterocycles. The Kier molecular flexibility index (Phi) is 6.90. The van der Waals surface area contributed by atoms with E-state index in [9.17, 15) is 13.2 Å². The van der Waals surface area contributed by atoms with Gasteiger partial charge in [0.1, 0.15) is 0 Å². The van der Waals surface area contributed by atoms with E-state index in [2.05, 4.69) is 10.0 Å². The van der Waals surface area contributed by atoms with Gasteiger partial charge in [0.25, 0.3) is 10.0 Å². The van der Waals surface area contributed by atoms with Crippen LogP contribution in [0, 0.1) is 0 Å². The highest BCUT2D eigenvalue weighted by Crippen LogP contribution is 2.32. The van der Waals surface area contributed by atoms with Crippen LogP contribution in [0.25, 0.3) is 0 Å². The first-order valence-electron chi connectivity index (χ1n) is 11.1. The third-order valence-electron chi connectivity index (χ3n) is 6.04. The summed E-state index contributed by atoms with van der Waals surface area (Å²) >= 11 is 0. The molecule has 1 fully saturated rings. The Morgan fingerprint density at radius 2 is 1.28 bits per heavy atom. The second kappa shape index (κ2) is 10.0. The Labute approximate surface area is 189 Å². The summed E-state index contributed by atoms with van der Waals surface area (Å²) in [6.07, 6.45) is 6.00. The summed E-state index contributed by atoms with van der Waals surface area (Å²) in [5.41, 5.74) is 2.90. The Morgan fingerprint density at radius 1 is 0.750 bits per heavy atom. The summed E-state index contributed by atoms with van der Waals surface area (Å²) in [5, 5.41) is 2.81. The molecule has 3 aromatic rings. The summed E-state index contributed by atoms with van der Waals surface area (Å²) in [6, 6.07) is 24.6. The SMILES string of the molecule is O=C(NC(c1ccccc1)c1ccccc1)NS(=O)(=O)c1ccc(C2CCCCC2)cc1. The molecule has 4 rings (SSSR count). The fraction of sp³-hybridized carbons (Fsp3) is 0.269. The van der Waals surface area contributed by atoms with Gasteiger partial charge in [-0.25, -0.2) is 17.9 Å². The largest absolute Gasteiger partial charge is 0.329 e. The van der Waals surface area contributed by atoms with Crippen molar-refractivity contribution in [2.75, 3.05) is 0 Å². The van der Waals surface area contributed by atoms with Crippen molar-refractivity contribution >= 4 is 16.1 Å². The van der Waals surface area contributed by atoms with Gasteiger partial charge in [0, 0.05) is 0 Å². The molecule has 1 aliphatic rings. The van der Waals surface area contributed by atoms with Crippen LogP contribution in [0.2, 0.25) is 0 Å². The molecular weight excluding hydrogens is 420 g/mol. The van der Waals surface area contributed by atoms with Gasteiger partial charge in [0.2, 0.25) is 0 Å². The van der Waals surface area contributed by atoms with Crippen molar-refractivity contribution in [1.82, 2.24) is 10.0 Å². The lowest BCUT2D eigenvalue weighted by Crippen LogP contribution is -2.41. The highest BCUT2D eigenvalue weighted by Gasteiger charge is 2.22. The number of carbonyl (C=O) groups is 1. The number of nitrogens with one attached hydrogen (secondary N) is 2. The van der Waals surface area contributed by atoms with E-state index in [1.165, 1.54) is 24.8 Å². The average molecular weight is 449 g/mol. The van der Waals surface area contributed by atoms with Crippen molar-refractivity contribution in [1.29, 1.82) is 0 Å². The summed E-state index contributed by atoms with van der Waals surface area (Å²) in [6.45, 7) is 0. The third-order valence-corrected chi connectivity index (χ3v) is 7.38. The van der Waals surface area contributed by atoms with E-state index in [1.54, 1.807) is 12.1 Å². The average Bonchev–Trinajstić information content (AvgIpc) is 2.84. The van der Waals surface area contributed by atoms with Gasteiger partial charge < -0.3 is 5.32 Å². The molecule has 0 bridgehead atoms. The number of urea groups is 1. The first-order chi connectivity index (χ1) is 15.5. The minimum atomic E-state index is -3.98. The highest BCUT2D eigenvalue weighted by atomic mass is 32.2. The van der Waals surface area contributed by atoms with Crippen LogP contribution < -0.4 is 10.0 Å². The molecule has 1 aliphatic carbocycles. The Morgan fingerprint density at radius 3 is 1.81 bits per heavy atom. The van der Waals surface area contributed by atoms with E-state index in [0.717, 1.165) is 24.0 Å². The summed E-state index contributed by atoms with van der Waals surface area (Å²) in [5.74, 6) is 0.495. The number of hydrogen-bond donors (Lipinski definition) is 2. The van der Waals surface area contributed by atoms with Crippen molar-refractivity contribution in [3.63, 3.8) is 0 Å². The Bertz CT molecular complexity index is 1090. The van der Waals surface area contributed by atoms with Crippen molar-refractivity contribution < 1.29 is 13.2 Å². The van der Waals surface area contributed by atoms with Gasteiger partial charge in [-0.1, -0.05) is 92.1 Å². The van der Waals surface area contributed by atoms with Crippen LogP contribution in [0.1, 0.15) is 60.8 Å². The van der Waals surface area contributed by atoms with E-state index >= 15 is 0 Å². The third kappa shape index (κ3) is 5.37. The van der Waals surface area contributed by atoms with Crippen LogP contribution in [0.15, 0.2) is 89.8 Å². The van der Waals surface area contributed by atoms with Gasteiger partial charge in [-0.3, -0.25) is 0 Å². The van der Waals surface area contributed by atoms with Crippen molar-refractivity contribution in [2.24, 2.45) is 0 Å². The van der Waals surface area contributed by atoms with Crippen LogP contribution in [0.4, 0.5) is 4.79 Å². The van der Waals surface area contributed by atoms with Crippen LogP contribution in [0.5, 0.6) is 0 Å². The maximum atomic E-state index is 12.8. The zero-order chi connectivity index (χ0) is 22.4. The molecule has 0 saturated heterocycles. The van der Waals surface area contributed by atoms with Gasteiger partial charge in [-0.2, -0.15) is 0 Å². The van der Waals surface area contributed by atoms with E-state index in [4.69, 9.17) is 0 Å². The molecule has 0 atom stereocenters. The smallest absolute Gasteiger partial charge is 0.326 e. The number of amides is 2. The lowest BCUT2D eigenvalue weighted by Gasteiger charge is -2.22. The summed E-state index contributed by atoms with van der Waals surface area (Å²) < 4.78 is 27.8. The van der Waals surface area contributed by atoms with Crippen LogP contribution in [-0.4, -0.2) is 14.4 Å². The monoisotopic (exact) mass is 448 g/mol. The molecule has 0 radical (unpaired) electrons. The number of rotatable bonds is 6. The quantitative estimate of drug-likeness (QED) is 0.522. The van der Waals surface area contributed by atoms with E-state index < -0.39 is 22.1 Å². The second-order valence-corrected chi connectivity index (χ2v) is 9.92. The maximum Gasteiger partial charge on any atom is 0.329 e. The lowest BCUT2D eigenvalue weighted by molar-refractivity contribution is 0.243. The predicted octanol–water partition coefficient (Wildman–Crippen LogP) is 5.51. The molecule has 6 heteroatoms. The van der Waals surface area contributed by atoms with E-state index in [-0.39, 0.29) is 4.90 Å². The zero-order valence-corrected chi connectivity index (χ0v) is 18.7. The first-order valence-corrected chi connectivity index (χ1v) is 12.5.